The molecule has 7 rings (SSSR count). The van der Waals surface area contributed by atoms with Crippen LogP contribution in [-0.4, -0.2) is 180 Å². The Hall–Kier alpha value is -6.87. The standard InChI is InChI=1S/C64H86F3N9O12S/c1-43(68-2)58(79)72-57(48-17-9-6-10-18-48)62(82)76-26-12-19-52(76)60(81)74-61-56(47-15-7-5-8-16-47)73-63(89-61)71-54(77)42-88-36-35-87-34-33-86-32-31-85-30-29-84-28-27-75(3)55(78)38-45-13-11-14-46(37-45)40-70-59(80)51-39-49(53(83-4)41-69-51)23-20-44-21-24-50(25-22-44)64(65,66)67/h5,7-8,11,13-16,20,23,37,39,41,43-44,48,50,52,57,68H,6,9-10,12,17-19,21-22,24-36,38,40,42H2,1-4H3,(H,70,80)(H,72,79)(H,74,81)(H,71,73,77)/b23-20+/t43-,44?,50?,52-,57-/m0/s1. The third-order valence-corrected chi connectivity index (χ3v) is 17.0. The number of hydrogen-bond acceptors (Lipinski definition) is 16. The summed E-state index contributed by atoms with van der Waals surface area (Å²) in [5.41, 5.74) is 3.54. The van der Waals surface area contributed by atoms with Gasteiger partial charge in [0.25, 0.3) is 11.8 Å². The number of thiazole rings is 1. The van der Waals surface area contributed by atoms with Crippen molar-refractivity contribution in [2.24, 2.45) is 17.8 Å². The van der Waals surface area contributed by atoms with Crippen molar-refractivity contribution in [3.63, 3.8) is 0 Å². The number of rotatable bonds is 34. The highest BCUT2D eigenvalue weighted by molar-refractivity contribution is 7.20. The second-order valence-electron chi connectivity index (χ2n) is 22.5. The highest BCUT2D eigenvalue weighted by Crippen LogP contribution is 2.41. The second-order valence-corrected chi connectivity index (χ2v) is 23.5. The minimum absolute atomic E-state index is 0.00109. The summed E-state index contributed by atoms with van der Waals surface area (Å²) in [4.78, 5) is 92.6. The number of carbonyl (C=O) groups excluding carboxylic acids is 6. The first kappa shape index (κ1) is 69.6. The van der Waals surface area contributed by atoms with E-state index in [4.69, 9.17) is 28.4 Å². The van der Waals surface area contributed by atoms with Crippen LogP contribution in [-0.2, 0) is 60.6 Å². The Labute approximate surface area is 522 Å². The smallest absolute Gasteiger partial charge is 0.391 e. The van der Waals surface area contributed by atoms with Gasteiger partial charge in [0.15, 0.2) is 5.13 Å². The number of hydrogen-bond donors (Lipinski definition) is 5. The third kappa shape index (κ3) is 22.2. The van der Waals surface area contributed by atoms with Gasteiger partial charge >= 0.3 is 6.18 Å². The summed E-state index contributed by atoms with van der Waals surface area (Å²) < 4.78 is 72.8. The van der Waals surface area contributed by atoms with Crippen LogP contribution >= 0.6 is 11.3 Å². The predicted molar refractivity (Wildman–Crippen MR) is 331 cm³/mol. The van der Waals surface area contributed by atoms with E-state index in [1.165, 1.54) is 13.3 Å². The number of likely N-dealkylation sites (N-methyl/N-ethyl adjacent to an activating group) is 2. The lowest BCUT2D eigenvalue weighted by atomic mass is 9.81. The molecule has 5 N–H and O–H groups in total. The van der Waals surface area contributed by atoms with Crippen LogP contribution in [0.15, 0.2) is 72.9 Å². The quantitative estimate of drug-likeness (QED) is 0.0279. The van der Waals surface area contributed by atoms with E-state index in [1.54, 1.807) is 43.0 Å². The Kier molecular flexibility index (Phi) is 28.2. The number of methoxy groups -OCH3 is 1. The lowest BCUT2D eigenvalue weighted by Gasteiger charge is -2.35. The van der Waals surface area contributed by atoms with Crippen LogP contribution in [0.2, 0.25) is 0 Å². The van der Waals surface area contributed by atoms with Crippen molar-refractivity contribution in [1.29, 1.82) is 0 Å². The van der Waals surface area contributed by atoms with E-state index in [-0.39, 0.29) is 91.9 Å². The summed E-state index contributed by atoms with van der Waals surface area (Å²) in [6.45, 7) is 5.17. The molecule has 0 bridgehead atoms. The molecule has 486 valence electrons. The molecule has 3 fully saturated rings. The number of halogens is 3. The van der Waals surface area contributed by atoms with Crippen molar-refractivity contribution in [2.45, 2.75) is 115 Å². The number of benzene rings is 2. The van der Waals surface area contributed by atoms with Gasteiger partial charge in [-0.2, -0.15) is 13.2 Å². The number of pyridine rings is 1. The lowest BCUT2D eigenvalue weighted by Crippen LogP contribution is -2.57. The number of carbonyl (C=O) groups is 6. The van der Waals surface area contributed by atoms with E-state index in [1.807, 2.05) is 60.7 Å². The molecule has 2 saturated carbocycles. The number of ether oxygens (including phenoxy) is 6. The predicted octanol–water partition coefficient (Wildman–Crippen LogP) is 7.85. The zero-order valence-electron chi connectivity index (χ0n) is 51.4. The topological polar surface area (TPSA) is 250 Å². The van der Waals surface area contributed by atoms with Gasteiger partial charge in [0.1, 0.15) is 40.8 Å². The first-order valence-corrected chi connectivity index (χ1v) is 31.6. The maximum Gasteiger partial charge on any atom is 0.391 e. The van der Waals surface area contributed by atoms with Crippen molar-refractivity contribution in [3.8, 4) is 17.0 Å². The van der Waals surface area contributed by atoms with Crippen LogP contribution in [0.4, 0.5) is 23.3 Å². The Morgan fingerprint density at radius 1 is 0.787 bits per heavy atom. The van der Waals surface area contributed by atoms with Crippen LogP contribution < -0.4 is 31.3 Å². The average Bonchev–Trinajstić information content (AvgIpc) is 2.83. The van der Waals surface area contributed by atoms with Gasteiger partial charge in [0.05, 0.1) is 91.1 Å². The molecule has 1 saturated heterocycles. The number of nitrogens with zero attached hydrogens (tertiary/aromatic N) is 4. The van der Waals surface area contributed by atoms with Crippen LogP contribution in [0.5, 0.6) is 5.75 Å². The van der Waals surface area contributed by atoms with Crippen LogP contribution in [0, 0.1) is 17.8 Å². The summed E-state index contributed by atoms with van der Waals surface area (Å²) in [7, 11) is 4.89. The third-order valence-electron chi connectivity index (χ3n) is 16.2. The second kappa shape index (κ2) is 36.1. The van der Waals surface area contributed by atoms with E-state index in [0.717, 1.165) is 60.1 Å². The van der Waals surface area contributed by atoms with Gasteiger partial charge in [0, 0.05) is 37.8 Å². The molecule has 3 heterocycles. The van der Waals surface area contributed by atoms with E-state index >= 15 is 0 Å². The first-order chi connectivity index (χ1) is 43.0. The van der Waals surface area contributed by atoms with E-state index < -0.39 is 42.0 Å². The van der Waals surface area contributed by atoms with Gasteiger partial charge in [-0.25, -0.2) is 9.97 Å². The summed E-state index contributed by atoms with van der Waals surface area (Å²) in [5.74, 6) is -2.65. The minimum Gasteiger partial charge on any atom is -0.495 e. The van der Waals surface area contributed by atoms with Gasteiger partial charge in [-0.1, -0.05) is 97.3 Å². The van der Waals surface area contributed by atoms with Crippen LogP contribution in [0.1, 0.15) is 105 Å². The van der Waals surface area contributed by atoms with Gasteiger partial charge in [0.2, 0.25) is 23.6 Å². The molecule has 4 aromatic rings. The fourth-order valence-corrected chi connectivity index (χ4v) is 11.8. The van der Waals surface area contributed by atoms with Crippen molar-refractivity contribution < 1.29 is 70.4 Å². The normalized spacial score (nSPS) is 17.9. The number of anilines is 2. The van der Waals surface area contributed by atoms with Crippen LogP contribution in [0.3, 0.4) is 0 Å². The Morgan fingerprint density at radius 2 is 1.45 bits per heavy atom. The van der Waals surface area contributed by atoms with Gasteiger partial charge in [-0.05, 0) is 94.4 Å². The molecule has 25 heteroatoms. The maximum atomic E-state index is 14.3. The molecule has 2 aliphatic carbocycles. The van der Waals surface area contributed by atoms with Crippen molar-refractivity contribution >= 4 is 63.0 Å². The largest absolute Gasteiger partial charge is 0.495 e. The Morgan fingerprint density at radius 3 is 2.11 bits per heavy atom. The fourth-order valence-electron chi connectivity index (χ4n) is 10.9. The number of alkyl halides is 3. The minimum atomic E-state index is -4.17. The zero-order chi connectivity index (χ0) is 63.5. The molecular formula is C64H86F3N9O12S. The molecule has 2 aromatic heterocycles. The molecule has 0 unspecified atom stereocenters. The van der Waals surface area contributed by atoms with Crippen molar-refractivity contribution in [1.82, 2.24) is 35.7 Å². The number of likely N-dealkylation sites (tertiary alicyclic amines) is 1. The van der Waals surface area contributed by atoms with Crippen LogP contribution in [0.25, 0.3) is 17.3 Å². The highest BCUT2D eigenvalue weighted by atomic mass is 32.1. The lowest BCUT2D eigenvalue weighted by molar-refractivity contribution is -0.183. The molecule has 1 aliphatic heterocycles. The molecule has 0 spiro atoms. The molecule has 0 radical (unpaired) electrons. The molecule has 21 nitrogen and oxygen atoms in total. The number of amides is 6. The number of allylic oxidation sites excluding steroid dienone is 1. The molecule has 3 aliphatic rings. The zero-order valence-corrected chi connectivity index (χ0v) is 52.2. The summed E-state index contributed by atoms with van der Waals surface area (Å²) in [6.07, 6.45) is 7.98. The number of nitrogens with one attached hydrogen (secondary N) is 5. The molecule has 89 heavy (non-hydrogen) atoms. The van der Waals surface area contributed by atoms with Gasteiger partial charge < -0.3 is 59.5 Å². The van der Waals surface area contributed by atoms with E-state index in [9.17, 15) is 41.9 Å². The van der Waals surface area contributed by atoms with E-state index in [2.05, 4.69) is 36.6 Å². The number of aromatic nitrogens is 2. The Bertz CT molecular complexity index is 2940. The molecule has 6 amide bonds. The van der Waals surface area contributed by atoms with Gasteiger partial charge in [-0.15, -0.1) is 0 Å². The van der Waals surface area contributed by atoms with Gasteiger partial charge in [-0.3, -0.25) is 34.1 Å². The summed E-state index contributed by atoms with van der Waals surface area (Å²) in [5, 5.41) is 15.3. The SMILES string of the molecule is CN[C@@H](C)C(=O)N[C@H](C(=O)N1CCC[C@H]1C(=O)Nc1sc(NC(=O)COCCOCCOCCOCCOCCN(C)C(=O)Cc2cccc(CNC(=O)c3cc(/C=C/C4CCC(C(F)(F)F)CC4)c(OC)cn3)c2)nc1-c1ccccc1)C1CCCCC1. The average molecular weight is 1260 g/mol. The summed E-state index contributed by atoms with van der Waals surface area (Å²) in [6, 6.07) is 16.3. The first-order valence-electron chi connectivity index (χ1n) is 30.7. The molecule has 2 aromatic carbocycles. The monoisotopic (exact) mass is 1260 g/mol. The van der Waals surface area contributed by atoms with Crippen molar-refractivity contribution in [3.05, 3.63) is 95.3 Å². The fraction of sp³-hybridized carbons (Fsp3) is 0.562. The summed E-state index contributed by atoms with van der Waals surface area (Å²) >= 11 is 1.11. The Balaban J connectivity index is 0.713. The highest BCUT2D eigenvalue weighted by Gasteiger charge is 2.42. The molecular weight excluding hydrogens is 1180 g/mol. The maximum absolute atomic E-state index is 14.3. The van der Waals surface area contributed by atoms with Crippen molar-refractivity contribution in [2.75, 3.05) is 111 Å². The molecule has 3 atom stereocenters. The van der Waals surface area contributed by atoms with E-state index in [0.29, 0.717) is 107 Å².